The lowest BCUT2D eigenvalue weighted by Gasteiger charge is -2.20. The van der Waals surface area contributed by atoms with Gasteiger partial charge in [-0.05, 0) is 73.5 Å². The maximum atomic E-state index is 12.9. The molecular weight excluding hydrogens is 464 g/mol. The summed E-state index contributed by atoms with van der Waals surface area (Å²) in [6.07, 6.45) is 3.90. The van der Waals surface area contributed by atoms with Crippen molar-refractivity contribution in [2.24, 2.45) is 0 Å². The van der Waals surface area contributed by atoms with Gasteiger partial charge in [-0.15, -0.1) is 0 Å². The van der Waals surface area contributed by atoms with Crippen molar-refractivity contribution in [2.45, 2.75) is 30.6 Å². The van der Waals surface area contributed by atoms with Crippen LogP contribution in [0.15, 0.2) is 83.8 Å². The smallest absolute Gasteiger partial charge is 0.255 e. The number of amides is 1. The molecule has 1 fully saturated rings. The normalized spacial score (nSPS) is 14.6. The fraction of sp³-hybridized carbons (Fsp3) is 0.296. The van der Waals surface area contributed by atoms with Gasteiger partial charge in [-0.25, -0.2) is 8.42 Å². The van der Waals surface area contributed by atoms with Gasteiger partial charge in [0.25, 0.3) is 5.91 Å². The number of ether oxygens (including phenoxy) is 2. The summed E-state index contributed by atoms with van der Waals surface area (Å²) in [6, 6.07) is 22.7. The van der Waals surface area contributed by atoms with Crippen molar-refractivity contribution in [1.82, 2.24) is 4.31 Å². The van der Waals surface area contributed by atoms with Gasteiger partial charge in [0.1, 0.15) is 24.7 Å². The summed E-state index contributed by atoms with van der Waals surface area (Å²) < 4.78 is 38.6. The van der Waals surface area contributed by atoms with Crippen LogP contribution in [0.1, 0.15) is 36.0 Å². The molecule has 0 aromatic heterocycles. The van der Waals surface area contributed by atoms with E-state index in [1.807, 2.05) is 30.3 Å². The predicted molar refractivity (Wildman–Crippen MR) is 135 cm³/mol. The molecule has 0 radical (unpaired) electrons. The van der Waals surface area contributed by atoms with Gasteiger partial charge in [-0.2, -0.15) is 4.31 Å². The van der Waals surface area contributed by atoms with E-state index in [1.165, 1.54) is 0 Å². The first-order valence-corrected chi connectivity index (χ1v) is 13.3. The Balaban J connectivity index is 1.28. The van der Waals surface area contributed by atoms with Gasteiger partial charge in [0.15, 0.2) is 0 Å². The number of carbonyl (C=O) groups is 1. The molecule has 0 unspecified atom stereocenters. The van der Waals surface area contributed by atoms with Gasteiger partial charge in [-0.3, -0.25) is 4.79 Å². The van der Waals surface area contributed by atoms with Gasteiger partial charge < -0.3 is 14.8 Å². The third-order valence-electron chi connectivity index (χ3n) is 5.80. The van der Waals surface area contributed by atoms with E-state index in [2.05, 4.69) is 5.32 Å². The number of nitrogens with zero attached hydrogens (tertiary/aromatic N) is 1. The van der Waals surface area contributed by atoms with Crippen molar-refractivity contribution in [3.8, 4) is 11.5 Å². The van der Waals surface area contributed by atoms with Crippen LogP contribution in [-0.2, 0) is 10.0 Å². The van der Waals surface area contributed by atoms with Crippen molar-refractivity contribution in [2.75, 3.05) is 31.6 Å². The molecule has 0 atom stereocenters. The van der Waals surface area contributed by atoms with E-state index in [0.29, 0.717) is 43.3 Å². The molecule has 8 heteroatoms. The highest BCUT2D eigenvalue weighted by atomic mass is 32.2. The summed E-state index contributed by atoms with van der Waals surface area (Å²) in [6.45, 7) is 1.91. The van der Waals surface area contributed by atoms with E-state index in [-0.39, 0.29) is 10.8 Å². The lowest BCUT2D eigenvalue weighted by atomic mass is 10.2. The van der Waals surface area contributed by atoms with Gasteiger partial charge in [-0.1, -0.05) is 31.0 Å². The summed E-state index contributed by atoms with van der Waals surface area (Å²) in [4.78, 5) is 12.9. The number of nitrogens with one attached hydrogen (secondary N) is 1. The minimum Gasteiger partial charge on any atom is -0.490 e. The quantitative estimate of drug-likeness (QED) is 0.425. The number of anilines is 1. The zero-order valence-corrected chi connectivity index (χ0v) is 20.4. The summed E-state index contributed by atoms with van der Waals surface area (Å²) >= 11 is 0. The Morgan fingerprint density at radius 2 is 1.31 bits per heavy atom. The number of carbonyl (C=O) groups excluding carboxylic acids is 1. The van der Waals surface area contributed by atoms with E-state index in [9.17, 15) is 13.2 Å². The number of sulfonamides is 1. The highest BCUT2D eigenvalue weighted by Crippen LogP contribution is 2.22. The zero-order valence-electron chi connectivity index (χ0n) is 19.6. The molecule has 0 spiro atoms. The van der Waals surface area contributed by atoms with Gasteiger partial charge in [0.05, 0.1) is 4.90 Å². The van der Waals surface area contributed by atoms with E-state index in [1.54, 1.807) is 52.8 Å². The molecule has 1 saturated heterocycles. The first-order valence-electron chi connectivity index (χ1n) is 11.8. The molecule has 3 aromatic carbocycles. The van der Waals surface area contributed by atoms with Gasteiger partial charge in [0.2, 0.25) is 10.0 Å². The van der Waals surface area contributed by atoms with Crippen LogP contribution in [0, 0.1) is 0 Å². The van der Waals surface area contributed by atoms with Crippen molar-refractivity contribution in [3.63, 3.8) is 0 Å². The van der Waals surface area contributed by atoms with Crippen molar-refractivity contribution < 1.29 is 22.7 Å². The molecule has 1 aliphatic heterocycles. The lowest BCUT2D eigenvalue weighted by molar-refractivity contribution is 0.102. The second kappa shape index (κ2) is 11.9. The average Bonchev–Trinajstić information content (AvgIpc) is 3.18. The average molecular weight is 495 g/mol. The van der Waals surface area contributed by atoms with Crippen LogP contribution < -0.4 is 14.8 Å². The van der Waals surface area contributed by atoms with E-state index in [0.717, 1.165) is 31.4 Å². The summed E-state index contributed by atoms with van der Waals surface area (Å²) in [5, 5.41) is 2.81. The van der Waals surface area contributed by atoms with Crippen molar-refractivity contribution >= 4 is 21.6 Å². The van der Waals surface area contributed by atoms with Crippen molar-refractivity contribution in [1.29, 1.82) is 0 Å². The van der Waals surface area contributed by atoms with Crippen molar-refractivity contribution in [3.05, 3.63) is 84.4 Å². The monoisotopic (exact) mass is 494 g/mol. The number of benzene rings is 3. The van der Waals surface area contributed by atoms with Crippen LogP contribution in [0.3, 0.4) is 0 Å². The fourth-order valence-corrected chi connectivity index (χ4v) is 5.40. The van der Waals surface area contributed by atoms with Crippen LogP contribution in [0.25, 0.3) is 0 Å². The minimum absolute atomic E-state index is 0.246. The Labute approximate surface area is 206 Å². The Morgan fingerprint density at radius 1 is 0.743 bits per heavy atom. The third kappa shape index (κ3) is 6.83. The largest absolute Gasteiger partial charge is 0.490 e. The molecule has 0 bridgehead atoms. The molecule has 0 saturated carbocycles. The van der Waals surface area contributed by atoms with E-state index < -0.39 is 10.0 Å². The number of rotatable bonds is 9. The van der Waals surface area contributed by atoms with Crippen LogP contribution in [0.4, 0.5) is 5.69 Å². The molecule has 1 heterocycles. The SMILES string of the molecule is O=C(Nc1ccc(S(=O)(=O)N2CCCCCC2)cc1)c1ccc(OCCOc2ccccc2)cc1. The molecule has 3 aromatic rings. The molecule has 7 nitrogen and oxygen atoms in total. The fourth-order valence-electron chi connectivity index (χ4n) is 3.88. The Kier molecular flexibility index (Phi) is 8.39. The van der Waals surface area contributed by atoms with E-state index >= 15 is 0 Å². The van der Waals surface area contributed by atoms with Gasteiger partial charge >= 0.3 is 0 Å². The van der Waals surface area contributed by atoms with E-state index in [4.69, 9.17) is 9.47 Å². The molecule has 4 rings (SSSR count). The second-order valence-corrected chi connectivity index (χ2v) is 10.3. The molecule has 184 valence electrons. The first-order chi connectivity index (χ1) is 17.0. The molecule has 0 aliphatic carbocycles. The Bertz CT molecular complexity index is 1190. The molecule has 35 heavy (non-hydrogen) atoms. The Hall–Kier alpha value is -3.36. The zero-order chi connectivity index (χ0) is 24.5. The maximum Gasteiger partial charge on any atom is 0.255 e. The molecule has 1 aliphatic rings. The third-order valence-corrected chi connectivity index (χ3v) is 7.71. The van der Waals surface area contributed by atoms with Crippen LogP contribution >= 0.6 is 0 Å². The maximum absolute atomic E-state index is 12.9. The number of hydrogen-bond acceptors (Lipinski definition) is 5. The minimum atomic E-state index is -3.52. The Morgan fingerprint density at radius 3 is 1.91 bits per heavy atom. The van der Waals surface area contributed by atoms with Crippen LogP contribution in [-0.4, -0.2) is 44.9 Å². The molecule has 1 N–H and O–H groups in total. The first kappa shape index (κ1) is 24.8. The highest BCUT2D eigenvalue weighted by Gasteiger charge is 2.25. The standard InChI is InChI=1S/C27H30N2O5S/c30-27(22-10-14-25(15-11-22)34-21-20-33-24-8-4-3-5-9-24)28-23-12-16-26(17-13-23)35(31,32)29-18-6-1-2-7-19-29/h3-5,8-17H,1-2,6-7,18-21H2,(H,28,30). The molecule has 1 amide bonds. The lowest BCUT2D eigenvalue weighted by Crippen LogP contribution is -2.31. The number of hydrogen-bond donors (Lipinski definition) is 1. The van der Waals surface area contributed by atoms with Crippen LogP contribution in [0.5, 0.6) is 11.5 Å². The highest BCUT2D eigenvalue weighted by molar-refractivity contribution is 7.89. The summed E-state index contributed by atoms with van der Waals surface area (Å²) in [5.74, 6) is 1.14. The summed E-state index contributed by atoms with van der Waals surface area (Å²) in [5.41, 5.74) is 1.00. The predicted octanol–water partition coefficient (Wildman–Crippen LogP) is 4.96. The molecular formula is C27H30N2O5S. The number of para-hydroxylation sites is 1. The van der Waals surface area contributed by atoms with Crippen LogP contribution in [0.2, 0.25) is 0 Å². The topological polar surface area (TPSA) is 84.9 Å². The van der Waals surface area contributed by atoms with Gasteiger partial charge in [0, 0.05) is 24.3 Å². The summed E-state index contributed by atoms with van der Waals surface area (Å²) in [7, 11) is -3.52. The second-order valence-electron chi connectivity index (χ2n) is 8.33.